The Labute approximate surface area is 875 Å². The van der Waals surface area contributed by atoms with E-state index in [0.717, 1.165) is 132 Å². The van der Waals surface area contributed by atoms with E-state index in [-0.39, 0.29) is 203 Å². The summed E-state index contributed by atoms with van der Waals surface area (Å²) in [6.07, 6.45) is 8.74. The smallest absolute Gasteiger partial charge is 1.00 e. The van der Waals surface area contributed by atoms with E-state index in [1.807, 2.05) is 291 Å². The summed E-state index contributed by atoms with van der Waals surface area (Å²) in [5.41, 5.74) is 20.2. The van der Waals surface area contributed by atoms with E-state index in [1.165, 1.54) is 36.5 Å². The predicted octanol–water partition coefficient (Wildman–Crippen LogP) is -2.33. The van der Waals surface area contributed by atoms with Gasteiger partial charge in [-0.1, -0.05) is 180 Å². The molecule has 0 unspecified atom stereocenters. The van der Waals surface area contributed by atoms with E-state index < -0.39 is 0 Å². The summed E-state index contributed by atoms with van der Waals surface area (Å²) in [7, 11) is 0. The Bertz CT molecular complexity index is 6710. The molecular formula is C96H76Cl4N24Ni2O11Zn3. The Kier molecular flexibility index (Phi) is 43.7. The van der Waals surface area contributed by atoms with Gasteiger partial charge in [-0.2, -0.15) is 0 Å². The van der Waals surface area contributed by atoms with Gasteiger partial charge in [0.15, 0.2) is 0 Å². The Morgan fingerprint density at radius 2 is 0.250 bits per heavy atom. The van der Waals surface area contributed by atoms with Crippen LogP contribution in [0.5, 0.6) is 0 Å². The van der Waals surface area contributed by atoms with Crippen LogP contribution in [-0.2, 0) is 91.4 Å². The molecule has 0 aliphatic carbocycles. The number of benzene rings is 12. The second kappa shape index (κ2) is 52.8. The minimum absolute atomic E-state index is 0. The molecule has 12 aromatic carbocycles. The zero-order chi connectivity index (χ0) is 85.4. The molecule has 0 amide bonds. The van der Waals surface area contributed by atoms with Crippen molar-refractivity contribution in [3.8, 4) is 0 Å². The number of hydrogen-bond donors (Lipinski definition) is 12. The molecule has 0 saturated carbocycles. The first-order chi connectivity index (χ1) is 61.8. The summed E-state index contributed by atoms with van der Waals surface area (Å²) < 4.78 is 0. The van der Waals surface area contributed by atoms with Crippen molar-refractivity contribution in [2.75, 3.05) is 0 Å². The van der Waals surface area contributed by atoms with Gasteiger partial charge in [0.25, 0.3) is 0 Å². The molecule has 0 atom stereocenters. The Hall–Kier alpha value is -14.7. The van der Waals surface area contributed by atoms with Crippen LogP contribution in [0.25, 0.3) is 203 Å². The first kappa shape index (κ1) is 116. The van der Waals surface area contributed by atoms with Gasteiger partial charge in [0.2, 0.25) is 0 Å². The molecule has 0 radical (unpaired) electrons. The summed E-state index contributed by atoms with van der Waals surface area (Å²) in [5, 5.41) is 73.5. The van der Waals surface area contributed by atoms with Crippen LogP contribution < -0.4 is 80.3 Å². The first-order valence-electron chi connectivity index (χ1n) is 39.5. The van der Waals surface area contributed by atoms with E-state index in [9.17, 15) is 30.6 Å². The maximum atomic E-state index is 12.3. The minimum atomic E-state index is -0.203. The number of aromatic nitrogens is 24. The van der Waals surface area contributed by atoms with Crippen molar-refractivity contribution in [3.63, 3.8) is 0 Å². The molecule has 12 heterocycles. The molecule has 24 rings (SSSR count). The summed E-state index contributed by atoms with van der Waals surface area (Å²) in [4.78, 5) is 88.6. The second-order valence-electron chi connectivity index (χ2n) is 28.5. The van der Waals surface area contributed by atoms with Crippen molar-refractivity contribution in [1.29, 1.82) is 0 Å². The largest absolute Gasteiger partial charge is 2.00 e. The number of hydrogen-bond acceptors (Lipinski definition) is 18. The number of halogens is 4. The normalized spacial score (nSPS) is 11.1. The number of aromatic amines is 12. The quantitative estimate of drug-likeness (QED) is 0.0451. The Balaban J connectivity index is 0.000000290. The minimum Gasteiger partial charge on any atom is -1.00 e. The zero-order valence-corrected chi connectivity index (χ0v) is 86.7. The Morgan fingerprint density at radius 3 is 0.350 bits per heavy atom. The topological polar surface area (TPSA) is 640 Å². The standard InChI is InChI=1S/6C16H12N4O.4ClH.2Ni.5H2O.3Zn/c6*21-14(16-19-12-7-3-4-8-13(12)20-16)9-15-17-10-5-1-2-6-11(10)18-15;;;;;;;;;;;;;;/h6*1-9,21H,(H,17,18)(H,19,20);4*1H;;;5*1H2;;;/q;;;;;;;;;;2*+2;;;;;;3*+2/p-10/b6*14-9-;;;;;;;;;;;;;;. The number of imidazole rings is 12. The number of nitrogens with one attached hydrogen (secondary N) is 12. The maximum Gasteiger partial charge on any atom is 2.00 e. The number of fused-ring (bicyclic) bond motifs is 12. The summed E-state index contributed by atoms with van der Waals surface area (Å²) >= 11 is 0. The summed E-state index contributed by atoms with van der Waals surface area (Å²) in [6, 6.07) is 91.2. The molecule has 44 heteroatoms. The monoisotopic (exact) mass is 2190 g/mol. The van der Waals surface area contributed by atoms with Crippen molar-refractivity contribution in [3.05, 3.63) is 361 Å². The van der Waals surface area contributed by atoms with E-state index in [4.69, 9.17) is 0 Å². The molecule has 0 bridgehead atoms. The van der Waals surface area contributed by atoms with Gasteiger partial charge < -0.3 is 167 Å². The van der Waals surface area contributed by atoms with Crippen LogP contribution in [0.3, 0.4) is 0 Å². The van der Waals surface area contributed by atoms with Gasteiger partial charge >= 0.3 is 91.4 Å². The van der Waals surface area contributed by atoms with Gasteiger partial charge in [0, 0.05) is 0 Å². The average Bonchev–Trinajstić information content (AvgIpc) is 1.68. The molecule has 0 saturated heterocycles. The van der Waals surface area contributed by atoms with Crippen LogP contribution in [-0.4, -0.2) is 147 Å². The SMILES string of the molecule is O.O.O.O.O.[Cl-].[Cl-].[Cl-].[Cl-].[Ni+2].[Ni+2].[O-]/C(=C\c1nc2ccccc2[nH]1)c1nc2ccccc2[nH]1.[O-]/C(=C\c1nc2ccccc2[nH]1)c1nc2ccccc2[nH]1.[O-]/C(=C\c1nc2ccccc2[nH]1)c1nc2ccccc2[nH]1.[O-]/C(=C\c1nc2ccccc2[nH]1)c1nc2ccccc2[nH]1.[O-]/C(=C\c1nc2ccccc2[nH]1)c1nc2ccccc2[nH]1.[O-]/C(=C\c1nc2ccccc2[nH]1)c1nc2ccccc2[nH]1.[Zn+2].[Zn+2].[Zn+2]. The number of rotatable bonds is 12. The van der Waals surface area contributed by atoms with Gasteiger partial charge in [-0.15, -0.1) is 0 Å². The summed E-state index contributed by atoms with van der Waals surface area (Å²) in [6.45, 7) is 0. The molecule has 35 nitrogen and oxygen atoms in total. The van der Waals surface area contributed by atoms with Gasteiger partial charge in [-0.3, -0.25) is 0 Å². The fourth-order valence-electron chi connectivity index (χ4n) is 13.8. The molecule has 0 fully saturated rings. The fraction of sp³-hybridized carbons (Fsp3) is 0. The molecule has 22 N–H and O–H groups in total. The van der Waals surface area contributed by atoms with E-state index in [0.29, 0.717) is 69.9 Å². The van der Waals surface area contributed by atoms with Gasteiger partial charge in [0.05, 0.1) is 132 Å². The van der Waals surface area contributed by atoms with Gasteiger partial charge in [-0.05, 0) is 182 Å². The van der Waals surface area contributed by atoms with Crippen molar-refractivity contribution in [1.82, 2.24) is 120 Å². The molecule has 700 valence electrons. The average molecular weight is 2200 g/mol. The summed E-state index contributed by atoms with van der Waals surface area (Å²) in [5.74, 6) is 3.85. The van der Waals surface area contributed by atoms with Crippen molar-refractivity contribution >= 4 is 203 Å². The third kappa shape index (κ3) is 27.0. The Morgan fingerprint density at radius 1 is 0.157 bits per heavy atom. The van der Waals surface area contributed by atoms with Crippen LogP contribution in [0.4, 0.5) is 0 Å². The maximum absolute atomic E-state index is 12.3. The third-order valence-corrected chi connectivity index (χ3v) is 19.8. The van der Waals surface area contributed by atoms with Crippen molar-refractivity contribution < 1.29 is 199 Å². The van der Waals surface area contributed by atoms with Crippen molar-refractivity contribution in [2.24, 2.45) is 0 Å². The molecule has 0 aliphatic rings. The predicted molar refractivity (Wildman–Crippen MR) is 498 cm³/mol. The van der Waals surface area contributed by atoms with Gasteiger partial charge in [-0.25, -0.2) is 59.8 Å². The number of H-pyrrole nitrogens is 12. The van der Waals surface area contributed by atoms with E-state index in [1.54, 1.807) is 0 Å². The van der Waals surface area contributed by atoms with Crippen LogP contribution in [0.2, 0.25) is 0 Å². The molecule has 140 heavy (non-hydrogen) atoms. The number of para-hydroxylation sites is 24. The number of nitrogens with zero attached hydrogens (tertiary/aromatic N) is 12. The van der Waals surface area contributed by atoms with Crippen LogP contribution in [0.1, 0.15) is 69.9 Å². The molecule has 0 aliphatic heterocycles. The van der Waals surface area contributed by atoms with E-state index >= 15 is 0 Å². The van der Waals surface area contributed by atoms with Crippen molar-refractivity contribution in [2.45, 2.75) is 0 Å². The van der Waals surface area contributed by atoms with Crippen LogP contribution >= 0.6 is 0 Å². The van der Waals surface area contributed by atoms with Gasteiger partial charge in [0.1, 0.15) is 69.9 Å². The molecule has 12 aromatic heterocycles. The molecule has 24 aromatic rings. The first-order valence-corrected chi connectivity index (χ1v) is 39.5. The van der Waals surface area contributed by atoms with Crippen LogP contribution in [0.15, 0.2) is 291 Å². The second-order valence-corrected chi connectivity index (χ2v) is 28.5. The fourth-order valence-corrected chi connectivity index (χ4v) is 13.8. The third-order valence-electron chi connectivity index (χ3n) is 19.8. The van der Waals surface area contributed by atoms with Crippen LogP contribution in [0, 0.1) is 0 Å². The zero-order valence-electron chi connectivity index (χ0n) is 72.8. The molecular weight excluding hydrogens is 2120 g/mol. The van der Waals surface area contributed by atoms with E-state index in [2.05, 4.69) is 120 Å². The molecule has 0 spiro atoms.